The molecule has 0 atom stereocenters. The molecule has 1 aromatic heterocycles. The lowest BCUT2D eigenvalue weighted by molar-refractivity contribution is 0.419. The summed E-state index contributed by atoms with van der Waals surface area (Å²) in [5.41, 5.74) is 3.28. The summed E-state index contributed by atoms with van der Waals surface area (Å²) in [6.45, 7) is 8.47. The standard InChI is InChI=1S/C12H24N4O2S/c1-5-16(19(4,17)18)8-6-7-13-9-12-10(2)14-15-11(12)3/h13H,5-9H2,1-4H3,(H,14,15). The van der Waals surface area contributed by atoms with E-state index in [0.29, 0.717) is 13.1 Å². The van der Waals surface area contributed by atoms with Crippen LogP contribution in [0.3, 0.4) is 0 Å². The van der Waals surface area contributed by atoms with E-state index in [2.05, 4.69) is 15.5 Å². The second-order valence-electron chi connectivity index (χ2n) is 4.70. The summed E-state index contributed by atoms with van der Waals surface area (Å²) in [5.74, 6) is 0. The van der Waals surface area contributed by atoms with Crippen LogP contribution >= 0.6 is 0 Å². The number of H-pyrrole nitrogens is 1. The Morgan fingerprint density at radius 1 is 1.37 bits per heavy atom. The van der Waals surface area contributed by atoms with Crippen molar-refractivity contribution >= 4 is 10.0 Å². The third-order valence-electron chi connectivity index (χ3n) is 3.17. The number of aromatic amines is 1. The molecule has 0 fully saturated rings. The summed E-state index contributed by atoms with van der Waals surface area (Å²) >= 11 is 0. The smallest absolute Gasteiger partial charge is 0.211 e. The maximum atomic E-state index is 11.4. The number of aryl methyl sites for hydroxylation is 2. The van der Waals surface area contributed by atoms with E-state index in [-0.39, 0.29) is 0 Å². The number of sulfonamides is 1. The van der Waals surface area contributed by atoms with E-state index in [1.54, 1.807) is 0 Å². The number of rotatable bonds is 8. The molecule has 0 aliphatic heterocycles. The zero-order valence-corrected chi connectivity index (χ0v) is 13.0. The molecule has 0 aliphatic carbocycles. The lowest BCUT2D eigenvalue weighted by atomic mass is 10.2. The van der Waals surface area contributed by atoms with E-state index in [1.807, 2.05) is 20.8 Å². The number of nitrogens with zero attached hydrogens (tertiary/aromatic N) is 2. The van der Waals surface area contributed by atoms with Crippen molar-refractivity contribution in [3.63, 3.8) is 0 Å². The predicted molar refractivity (Wildman–Crippen MR) is 76.5 cm³/mol. The molecular formula is C12H24N4O2S. The van der Waals surface area contributed by atoms with Crippen LogP contribution in [0.5, 0.6) is 0 Å². The van der Waals surface area contributed by atoms with Crippen molar-refractivity contribution in [2.45, 2.75) is 33.7 Å². The highest BCUT2D eigenvalue weighted by Crippen LogP contribution is 2.08. The molecule has 1 rings (SSSR count). The molecule has 6 nitrogen and oxygen atoms in total. The molecule has 1 heterocycles. The topological polar surface area (TPSA) is 78.1 Å². The minimum Gasteiger partial charge on any atom is -0.312 e. The van der Waals surface area contributed by atoms with Gasteiger partial charge in [-0.05, 0) is 26.8 Å². The third-order valence-corrected chi connectivity index (χ3v) is 4.54. The van der Waals surface area contributed by atoms with Crippen LogP contribution in [-0.2, 0) is 16.6 Å². The quantitative estimate of drug-likeness (QED) is 0.693. The van der Waals surface area contributed by atoms with E-state index < -0.39 is 10.0 Å². The van der Waals surface area contributed by atoms with Crippen molar-refractivity contribution in [3.8, 4) is 0 Å². The molecular weight excluding hydrogens is 264 g/mol. The highest BCUT2D eigenvalue weighted by molar-refractivity contribution is 7.88. The Bertz CT molecular complexity index is 476. The molecule has 0 saturated carbocycles. The fourth-order valence-electron chi connectivity index (χ4n) is 1.99. The normalized spacial score (nSPS) is 12.3. The monoisotopic (exact) mass is 288 g/mol. The molecule has 7 heteroatoms. The number of hydrogen-bond acceptors (Lipinski definition) is 4. The Morgan fingerprint density at radius 3 is 2.53 bits per heavy atom. The number of hydrogen-bond donors (Lipinski definition) is 2. The van der Waals surface area contributed by atoms with Crippen molar-refractivity contribution in [1.82, 2.24) is 19.8 Å². The molecule has 1 aromatic rings. The molecule has 110 valence electrons. The highest BCUT2D eigenvalue weighted by Gasteiger charge is 2.13. The van der Waals surface area contributed by atoms with Crippen molar-refractivity contribution in [3.05, 3.63) is 17.0 Å². The van der Waals surface area contributed by atoms with Gasteiger partial charge in [-0.2, -0.15) is 5.10 Å². The van der Waals surface area contributed by atoms with Gasteiger partial charge in [0.2, 0.25) is 10.0 Å². The van der Waals surface area contributed by atoms with Gasteiger partial charge in [-0.3, -0.25) is 5.10 Å². The van der Waals surface area contributed by atoms with Crippen molar-refractivity contribution in [2.75, 3.05) is 25.9 Å². The van der Waals surface area contributed by atoms with Gasteiger partial charge in [0.15, 0.2) is 0 Å². The molecule has 0 bridgehead atoms. The Balaban J connectivity index is 2.29. The van der Waals surface area contributed by atoms with Gasteiger partial charge in [0.25, 0.3) is 0 Å². The SMILES string of the molecule is CCN(CCCNCc1c(C)n[nH]c1C)S(C)(=O)=O. The van der Waals surface area contributed by atoms with E-state index in [9.17, 15) is 8.42 Å². The predicted octanol–water partition coefficient (Wildman–Crippen LogP) is 0.788. The van der Waals surface area contributed by atoms with E-state index in [0.717, 1.165) is 30.9 Å². The third kappa shape index (κ3) is 4.93. The van der Waals surface area contributed by atoms with Crippen LogP contribution in [0, 0.1) is 13.8 Å². The van der Waals surface area contributed by atoms with E-state index in [1.165, 1.54) is 16.1 Å². The van der Waals surface area contributed by atoms with Crippen LogP contribution in [0.25, 0.3) is 0 Å². The molecule has 0 aromatic carbocycles. The minimum atomic E-state index is -3.07. The van der Waals surface area contributed by atoms with Gasteiger partial charge in [0.05, 0.1) is 11.9 Å². The lowest BCUT2D eigenvalue weighted by Crippen LogP contribution is -2.32. The largest absolute Gasteiger partial charge is 0.312 e. The maximum Gasteiger partial charge on any atom is 0.211 e. The van der Waals surface area contributed by atoms with Crippen molar-refractivity contribution < 1.29 is 8.42 Å². The van der Waals surface area contributed by atoms with Gasteiger partial charge in [-0.15, -0.1) is 0 Å². The molecule has 19 heavy (non-hydrogen) atoms. The first-order valence-electron chi connectivity index (χ1n) is 6.52. The molecule has 0 unspecified atom stereocenters. The Morgan fingerprint density at radius 2 is 2.05 bits per heavy atom. The lowest BCUT2D eigenvalue weighted by Gasteiger charge is -2.17. The number of nitrogens with one attached hydrogen (secondary N) is 2. The van der Waals surface area contributed by atoms with Gasteiger partial charge >= 0.3 is 0 Å². The Labute approximate surface area is 115 Å². The second-order valence-corrected chi connectivity index (χ2v) is 6.68. The van der Waals surface area contributed by atoms with Gasteiger partial charge in [0.1, 0.15) is 0 Å². The summed E-state index contributed by atoms with van der Waals surface area (Å²) in [6, 6.07) is 0. The van der Waals surface area contributed by atoms with Crippen LogP contribution in [0.1, 0.15) is 30.3 Å². The summed E-state index contributed by atoms with van der Waals surface area (Å²) < 4.78 is 24.3. The summed E-state index contributed by atoms with van der Waals surface area (Å²) in [6.07, 6.45) is 2.05. The Kier molecular flexibility index (Phi) is 5.96. The maximum absolute atomic E-state index is 11.4. The van der Waals surface area contributed by atoms with Gasteiger partial charge in [-0.25, -0.2) is 12.7 Å². The second kappa shape index (κ2) is 7.02. The molecule has 0 amide bonds. The van der Waals surface area contributed by atoms with Crippen LogP contribution in [0.4, 0.5) is 0 Å². The summed E-state index contributed by atoms with van der Waals surface area (Å²) in [4.78, 5) is 0. The first kappa shape index (κ1) is 16.1. The zero-order chi connectivity index (χ0) is 14.5. The molecule has 0 aliphatic rings. The molecule has 0 spiro atoms. The van der Waals surface area contributed by atoms with Crippen molar-refractivity contribution in [2.24, 2.45) is 0 Å². The van der Waals surface area contributed by atoms with Crippen LogP contribution < -0.4 is 5.32 Å². The van der Waals surface area contributed by atoms with E-state index >= 15 is 0 Å². The van der Waals surface area contributed by atoms with Gasteiger partial charge in [0, 0.05) is 30.9 Å². The van der Waals surface area contributed by atoms with Crippen LogP contribution in [-0.4, -0.2) is 48.8 Å². The fraction of sp³-hybridized carbons (Fsp3) is 0.750. The molecule has 0 saturated heterocycles. The average molecular weight is 288 g/mol. The summed E-state index contributed by atoms with van der Waals surface area (Å²) in [5, 5.41) is 10.4. The minimum absolute atomic E-state index is 0.527. The zero-order valence-electron chi connectivity index (χ0n) is 12.2. The Hall–Kier alpha value is -0.920. The van der Waals surface area contributed by atoms with Crippen molar-refractivity contribution in [1.29, 1.82) is 0 Å². The molecule has 0 radical (unpaired) electrons. The molecule has 2 N–H and O–H groups in total. The van der Waals surface area contributed by atoms with E-state index in [4.69, 9.17) is 0 Å². The highest BCUT2D eigenvalue weighted by atomic mass is 32.2. The average Bonchev–Trinajstić information content (AvgIpc) is 2.63. The number of aromatic nitrogens is 2. The first-order valence-corrected chi connectivity index (χ1v) is 8.37. The van der Waals surface area contributed by atoms with Crippen LogP contribution in [0.15, 0.2) is 0 Å². The van der Waals surface area contributed by atoms with Gasteiger partial charge < -0.3 is 5.32 Å². The summed E-state index contributed by atoms with van der Waals surface area (Å²) in [7, 11) is -3.07. The fourth-order valence-corrected chi connectivity index (χ4v) is 2.92. The van der Waals surface area contributed by atoms with Crippen LogP contribution in [0.2, 0.25) is 0 Å². The first-order chi connectivity index (χ1) is 8.86. The van der Waals surface area contributed by atoms with Gasteiger partial charge in [-0.1, -0.05) is 6.92 Å².